The topological polar surface area (TPSA) is 36.9 Å². The third-order valence-corrected chi connectivity index (χ3v) is 4.30. The summed E-state index contributed by atoms with van der Waals surface area (Å²) in [6, 6.07) is 0.582. The average Bonchev–Trinajstić information content (AvgIpc) is 2.99. The van der Waals surface area contributed by atoms with Gasteiger partial charge in [0.1, 0.15) is 0 Å². The Kier molecular flexibility index (Phi) is 3.18. The summed E-state index contributed by atoms with van der Waals surface area (Å²) in [6.07, 6.45) is 9.09. The third-order valence-electron chi connectivity index (χ3n) is 4.01. The molecule has 1 N–H and O–H groups in total. The molecule has 4 nitrogen and oxygen atoms in total. The van der Waals surface area contributed by atoms with E-state index >= 15 is 0 Å². The van der Waals surface area contributed by atoms with Crippen molar-refractivity contribution in [2.75, 3.05) is 18.0 Å². The summed E-state index contributed by atoms with van der Waals surface area (Å²) in [6.45, 7) is 2.26. The Balaban J connectivity index is 1.90. The van der Waals surface area contributed by atoms with Crippen molar-refractivity contribution in [3.63, 3.8) is 0 Å². The summed E-state index contributed by atoms with van der Waals surface area (Å²) in [5, 5.41) is 7.44. The van der Waals surface area contributed by atoms with E-state index in [1.54, 1.807) is 0 Å². The van der Waals surface area contributed by atoms with Gasteiger partial charge in [-0.2, -0.15) is 0 Å². The highest BCUT2D eigenvalue weighted by atomic mass is 32.1. The molecule has 2 heterocycles. The highest BCUT2D eigenvalue weighted by molar-refractivity contribution is 7.71. The molecule has 2 fully saturated rings. The number of rotatable bonds is 2. The largest absolute Gasteiger partial charge is 0.341 e. The lowest BCUT2D eigenvalue weighted by Crippen LogP contribution is -2.32. The molecule has 1 aliphatic heterocycles. The minimum absolute atomic E-state index is 0.582. The van der Waals surface area contributed by atoms with Gasteiger partial charge in [0.15, 0.2) is 4.77 Å². The highest BCUT2D eigenvalue weighted by Gasteiger charge is 2.24. The van der Waals surface area contributed by atoms with Crippen molar-refractivity contribution in [2.45, 2.75) is 51.0 Å². The number of aromatic amines is 1. The fourth-order valence-electron chi connectivity index (χ4n) is 3.10. The summed E-state index contributed by atoms with van der Waals surface area (Å²) in [7, 11) is 0. The van der Waals surface area contributed by atoms with Crippen molar-refractivity contribution in [1.29, 1.82) is 0 Å². The summed E-state index contributed by atoms with van der Waals surface area (Å²) >= 11 is 5.40. The number of H-pyrrole nitrogens is 1. The lowest BCUT2D eigenvalue weighted by atomic mass is 10.1. The summed E-state index contributed by atoms with van der Waals surface area (Å²) in [4.78, 5) is 2.40. The van der Waals surface area contributed by atoms with Gasteiger partial charge in [-0.3, -0.25) is 4.57 Å². The van der Waals surface area contributed by atoms with Gasteiger partial charge in [0, 0.05) is 19.1 Å². The van der Waals surface area contributed by atoms with E-state index in [9.17, 15) is 0 Å². The van der Waals surface area contributed by atoms with E-state index in [0.29, 0.717) is 6.04 Å². The molecule has 0 aromatic carbocycles. The molecule has 0 radical (unpaired) electrons. The molecule has 0 amide bonds. The van der Waals surface area contributed by atoms with E-state index < -0.39 is 0 Å². The van der Waals surface area contributed by atoms with Crippen LogP contribution in [0.1, 0.15) is 51.0 Å². The van der Waals surface area contributed by atoms with Gasteiger partial charge in [-0.1, -0.05) is 12.8 Å². The van der Waals surface area contributed by atoms with Crippen LogP contribution in [-0.2, 0) is 0 Å². The van der Waals surface area contributed by atoms with Gasteiger partial charge in [0.25, 0.3) is 0 Å². The standard InChI is InChI=1S/C12H20N4S/c17-12-14-13-11(15-8-4-1-5-9-15)16(12)10-6-2-3-7-10/h10H,1-9H2,(H,14,17). The Morgan fingerprint density at radius 2 is 1.76 bits per heavy atom. The predicted molar refractivity (Wildman–Crippen MR) is 71.0 cm³/mol. The van der Waals surface area contributed by atoms with E-state index in [4.69, 9.17) is 12.2 Å². The first-order valence-corrected chi connectivity index (χ1v) is 7.19. The quantitative estimate of drug-likeness (QED) is 0.822. The molecular formula is C12H20N4S. The zero-order chi connectivity index (χ0) is 11.7. The van der Waals surface area contributed by atoms with Crippen LogP contribution in [-0.4, -0.2) is 27.9 Å². The lowest BCUT2D eigenvalue weighted by molar-refractivity contribution is 0.490. The first kappa shape index (κ1) is 11.3. The SMILES string of the molecule is S=c1[nH]nc(N2CCCCC2)n1C1CCCC1. The summed E-state index contributed by atoms with van der Waals surface area (Å²) in [5.74, 6) is 1.08. The van der Waals surface area contributed by atoms with Crippen LogP contribution < -0.4 is 4.90 Å². The number of piperidine rings is 1. The molecule has 17 heavy (non-hydrogen) atoms. The van der Waals surface area contributed by atoms with Crippen LogP contribution in [0.3, 0.4) is 0 Å². The molecule has 2 aliphatic rings. The van der Waals surface area contributed by atoms with Crippen molar-refractivity contribution < 1.29 is 0 Å². The number of hydrogen-bond donors (Lipinski definition) is 1. The van der Waals surface area contributed by atoms with Gasteiger partial charge in [-0.25, -0.2) is 5.10 Å². The molecule has 1 aliphatic carbocycles. The number of anilines is 1. The second kappa shape index (κ2) is 4.80. The maximum atomic E-state index is 5.40. The zero-order valence-corrected chi connectivity index (χ0v) is 11.0. The maximum absolute atomic E-state index is 5.40. The van der Waals surface area contributed by atoms with Crippen molar-refractivity contribution in [2.24, 2.45) is 0 Å². The van der Waals surface area contributed by atoms with Gasteiger partial charge in [0.05, 0.1) is 0 Å². The minimum atomic E-state index is 0.582. The summed E-state index contributed by atoms with van der Waals surface area (Å²) in [5.41, 5.74) is 0. The fraction of sp³-hybridized carbons (Fsp3) is 0.833. The van der Waals surface area contributed by atoms with E-state index in [-0.39, 0.29) is 0 Å². The van der Waals surface area contributed by atoms with E-state index in [0.717, 1.165) is 23.8 Å². The average molecular weight is 252 g/mol. The van der Waals surface area contributed by atoms with Gasteiger partial charge in [-0.15, -0.1) is 5.10 Å². The Hall–Kier alpha value is -0.840. The maximum Gasteiger partial charge on any atom is 0.225 e. The van der Waals surface area contributed by atoms with Crippen LogP contribution >= 0.6 is 12.2 Å². The monoisotopic (exact) mass is 252 g/mol. The Bertz CT molecular complexity index is 424. The van der Waals surface area contributed by atoms with Crippen LogP contribution in [0.15, 0.2) is 0 Å². The molecule has 3 rings (SSSR count). The number of nitrogens with one attached hydrogen (secondary N) is 1. The van der Waals surface area contributed by atoms with Gasteiger partial charge >= 0.3 is 0 Å². The molecule has 0 atom stereocenters. The fourth-order valence-corrected chi connectivity index (χ4v) is 3.38. The van der Waals surface area contributed by atoms with Crippen LogP contribution in [0, 0.1) is 4.77 Å². The molecule has 0 bridgehead atoms. The van der Waals surface area contributed by atoms with Gasteiger partial charge in [0.2, 0.25) is 5.95 Å². The Morgan fingerprint density at radius 1 is 1.06 bits per heavy atom. The van der Waals surface area contributed by atoms with Crippen molar-refractivity contribution in [3.05, 3.63) is 4.77 Å². The van der Waals surface area contributed by atoms with E-state index in [2.05, 4.69) is 19.7 Å². The molecule has 5 heteroatoms. The Labute approximate surface area is 107 Å². The molecule has 0 unspecified atom stereocenters. The van der Waals surface area contributed by atoms with Gasteiger partial charge < -0.3 is 4.90 Å². The van der Waals surface area contributed by atoms with Crippen molar-refractivity contribution in [1.82, 2.24) is 14.8 Å². The number of nitrogens with zero attached hydrogens (tertiary/aromatic N) is 3. The molecule has 1 aromatic heterocycles. The summed E-state index contributed by atoms with van der Waals surface area (Å²) < 4.78 is 3.07. The third kappa shape index (κ3) is 2.12. The minimum Gasteiger partial charge on any atom is -0.341 e. The van der Waals surface area contributed by atoms with Gasteiger partial charge in [-0.05, 0) is 44.3 Å². The number of aromatic nitrogens is 3. The molecule has 0 spiro atoms. The van der Waals surface area contributed by atoms with Crippen LogP contribution in [0.2, 0.25) is 0 Å². The van der Waals surface area contributed by atoms with Crippen molar-refractivity contribution in [3.8, 4) is 0 Å². The van der Waals surface area contributed by atoms with Crippen LogP contribution in [0.5, 0.6) is 0 Å². The highest BCUT2D eigenvalue weighted by Crippen LogP contribution is 2.33. The first-order chi connectivity index (χ1) is 8.36. The van der Waals surface area contributed by atoms with Crippen LogP contribution in [0.4, 0.5) is 5.95 Å². The molecular weight excluding hydrogens is 232 g/mol. The lowest BCUT2D eigenvalue weighted by Gasteiger charge is -2.29. The smallest absolute Gasteiger partial charge is 0.225 e. The second-order valence-electron chi connectivity index (χ2n) is 5.18. The molecule has 1 saturated heterocycles. The molecule has 1 aromatic rings. The molecule has 1 saturated carbocycles. The first-order valence-electron chi connectivity index (χ1n) is 6.78. The van der Waals surface area contributed by atoms with Crippen molar-refractivity contribution >= 4 is 18.2 Å². The number of hydrogen-bond acceptors (Lipinski definition) is 3. The normalized spacial score (nSPS) is 22.2. The molecule has 94 valence electrons. The second-order valence-corrected chi connectivity index (χ2v) is 5.57. The van der Waals surface area contributed by atoms with E-state index in [1.807, 2.05) is 0 Å². The van der Waals surface area contributed by atoms with Crippen LogP contribution in [0.25, 0.3) is 0 Å². The Morgan fingerprint density at radius 3 is 2.47 bits per heavy atom. The zero-order valence-electron chi connectivity index (χ0n) is 10.2. The van der Waals surface area contributed by atoms with E-state index in [1.165, 1.54) is 44.9 Å². The predicted octanol–water partition coefficient (Wildman–Crippen LogP) is 3.05.